The number of rotatable bonds is 4. The first-order valence-corrected chi connectivity index (χ1v) is 7.27. The van der Waals surface area contributed by atoms with Crippen molar-refractivity contribution >= 4 is 27.3 Å². The molecule has 0 bridgehead atoms. The predicted molar refractivity (Wildman–Crippen MR) is 86.2 cm³/mol. The van der Waals surface area contributed by atoms with Crippen LogP contribution >= 0.6 is 15.9 Å². The van der Waals surface area contributed by atoms with E-state index in [4.69, 9.17) is 4.52 Å². The molecule has 2 aromatic carbocycles. The molecule has 3 rings (SSSR count). The minimum absolute atomic E-state index is 0.0419. The molecule has 24 heavy (non-hydrogen) atoms. The van der Waals surface area contributed by atoms with E-state index in [0.717, 1.165) is 22.7 Å². The molecule has 0 amide bonds. The van der Waals surface area contributed by atoms with Gasteiger partial charge < -0.3 is 4.52 Å². The van der Waals surface area contributed by atoms with Crippen molar-refractivity contribution in [2.24, 2.45) is 0 Å². The molecule has 0 aliphatic rings. The summed E-state index contributed by atoms with van der Waals surface area (Å²) in [6, 6.07) is 10.3. The van der Waals surface area contributed by atoms with Crippen LogP contribution in [0.4, 0.5) is 11.4 Å². The average molecular weight is 391 g/mol. The lowest BCUT2D eigenvalue weighted by molar-refractivity contribution is -0.394. The molecule has 0 atom stereocenters. The van der Waals surface area contributed by atoms with E-state index in [0.29, 0.717) is 5.56 Å². The van der Waals surface area contributed by atoms with Crippen LogP contribution in [0.1, 0.15) is 0 Å². The standard InChI is InChI=1S/C14H7BrN4O5/c15-10-3-1-8(2-4-10)13-16-14(24-17-13)9-5-11(18(20)21)7-12(6-9)19(22)23/h1-7H. The van der Waals surface area contributed by atoms with Gasteiger partial charge in [0.2, 0.25) is 5.82 Å². The number of halogens is 1. The van der Waals surface area contributed by atoms with Crippen molar-refractivity contribution in [3.8, 4) is 22.8 Å². The Labute approximate surface area is 142 Å². The minimum atomic E-state index is -0.720. The summed E-state index contributed by atoms with van der Waals surface area (Å²) in [5.74, 6) is 0.228. The van der Waals surface area contributed by atoms with Crippen LogP contribution in [0.5, 0.6) is 0 Å². The van der Waals surface area contributed by atoms with Gasteiger partial charge in [-0.1, -0.05) is 21.1 Å². The highest BCUT2D eigenvalue weighted by Gasteiger charge is 2.20. The van der Waals surface area contributed by atoms with Gasteiger partial charge in [-0.25, -0.2) is 0 Å². The van der Waals surface area contributed by atoms with Crippen LogP contribution in [0.15, 0.2) is 51.5 Å². The second kappa shape index (κ2) is 6.16. The Kier molecular flexibility index (Phi) is 4.04. The van der Waals surface area contributed by atoms with Gasteiger partial charge in [0.05, 0.1) is 21.5 Å². The predicted octanol–water partition coefficient (Wildman–Crippen LogP) is 3.98. The number of nitro benzene ring substituents is 2. The van der Waals surface area contributed by atoms with E-state index < -0.39 is 21.2 Å². The summed E-state index contributed by atoms with van der Waals surface area (Å²) < 4.78 is 5.97. The molecule has 1 aromatic heterocycles. The molecule has 0 saturated heterocycles. The first kappa shape index (κ1) is 15.7. The van der Waals surface area contributed by atoms with Crippen molar-refractivity contribution in [1.29, 1.82) is 0 Å². The Balaban J connectivity index is 2.04. The molecule has 0 aliphatic heterocycles. The van der Waals surface area contributed by atoms with Gasteiger partial charge in [0.1, 0.15) is 0 Å². The number of hydrogen-bond acceptors (Lipinski definition) is 7. The molecule has 0 unspecified atom stereocenters. The van der Waals surface area contributed by atoms with E-state index in [2.05, 4.69) is 26.1 Å². The van der Waals surface area contributed by atoms with Gasteiger partial charge in [-0.15, -0.1) is 0 Å². The Bertz CT molecular complexity index is 906. The molecule has 10 heteroatoms. The minimum Gasteiger partial charge on any atom is -0.334 e. The average Bonchev–Trinajstić information content (AvgIpc) is 3.05. The monoisotopic (exact) mass is 390 g/mol. The number of non-ortho nitro benzene ring substituents is 2. The van der Waals surface area contributed by atoms with Crippen LogP contribution < -0.4 is 0 Å². The smallest absolute Gasteiger partial charge is 0.277 e. The molecule has 0 spiro atoms. The Hall–Kier alpha value is -3.14. The molecular weight excluding hydrogens is 384 g/mol. The zero-order valence-electron chi connectivity index (χ0n) is 11.7. The molecule has 0 saturated carbocycles. The lowest BCUT2D eigenvalue weighted by Crippen LogP contribution is -1.94. The third kappa shape index (κ3) is 3.13. The fourth-order valence-electron chi connectivity index (χ4n) is 1.99. The molecule has 0 radical (unpaired) electrons. The molecule has 120 valence electrons. The largest absolute Gasteiger partial charge is 0.334 e. The summed E-state index contributed by atoms with van der Waals surface area (Å²) in [6.45, 7) is 0. The van der Waals surface area contributed by atoms with Crippen molar-refractivity contribution < 1.29 is 14.4 Å². The SMILES string of the molecule is O=[N+]([O-])c1cc(-c2nc(-c3ccc(Br)cc3)no2)cc([N+](=O)[O-])c1. The van der Waals surface area contributed by atoms with Gasteiger partial charge in [-0.2, -0.15) is 4.98 Å². The summed E-state index contributed by atoms with van der Waals surface area (Å²) >= 11 is 3.31. The highest BCUT2D eigenvalue weighted by Crippen LogP contribution is 2.30. The van der Waals surface area contributed by atoms with Crippen LogP contribution in [0.3, 0.4) is 0 Å². The number of nitro groups is 2. The lowest BCUT2D eigenvalue weighted by atomic mass is 10.1. The van der Waals surface area contributed by atoms with E-state index >= 15 is 0 Å². The summed E-state index contributed by atoms with van der Waals surface area (Å²) in [5.41, 5.74) is -0.0786. The molecule has 0 N–H and O–H groups in total. The molecular formula is C14H7BrN4O5. The maximum atomic E-state index is 10.9. The van der Waals surface area contributed by atoms with E-state index in [-0.39, 0.29) is 17.3 Å². The van der Waals surface area contributed by atoms with E-state index in [1.165, 1.54) is 0 Å². The molecule has 3 aromatic rings. The van der Waals surface area contributed by atoms with Crippen LogP contribution in [0.2, 0.25) is 0 Å². The van der Waals surface area contributed by atoms with Gasteiger partial charge in [0, 0.05) is 22.2 Å². The summed E-state index contributed by atoms with van der Waals surface area (Å²) in [6.07, 6.45) is 0. The lowest BCUT2D eigenvalue weighted by Gasteiger charge is -1.97. The van der Waals surface area contributed by atoms with Crippen molar-refractivity contribution in [3.05, 3.63) is 67.2 Å². The second-order valence-corrected chi connectivity index (χ2v) is 5.60. The van der Waals surface area contributed by atoms with Gasteiger partial charge in [0.25, 0.3) is 17.3 Å². The maximum Gasteiger partial charge on any atom is 0.277 e. The van der Waals surface area contributed by atoms with Crippen LogP contribution in [0.25, 0.3) is 22.8 Å². The number of hydrogen-bond donors (Lipinski definition) is 0. The van der Waals surface area contributed by atoms with Crippen LogP contribution in [0, 0.1) is 20.2 Å². The quantitative estimate of drug-likeness (QED) is 0.486. The first-order chi connectivity index (χ1) is 11.4. The fourth-order valence-corrected chi connectivity index (χ4v) is 2.25. The molecule has 0 aliphatic carbocycles. The van der Waals surface area contributed by atoms with Crippen LogP contribution in [-0.4, -0.2) is 20.0 Å². The third-order valence-electron chi connectivity index (χ3n) is 3.10. The van der Waals surface area contributed by atoms with E-state index in [1.54, 1.807) is 24.3 Å². The number of aromatic nitrogens is 2. The van der Waals surface area contributed by atoms with Crippen molar-refractivity contribution in [1.82, 2.24) is 10.1 Å². The highest BCUT2D eigenvalue weighted by atomic mass is 79.9. The number of nitrogens with zero attached hydrogens (tertiary/aromatic N) is 4. The maximum absolute atomic E-state index is 10.9. The topological polar surface area (TPSA) is 125 Å². The zero-order valence-corrected chi connectivity index (χ0v) is 13.3. The van der Waals surface area contributed by atoms with E-state index in [9.17, 15) is 20.2 Å². The third-order valence-corrected chi connectivity index (χ3v) is 3.63. The Morgan fingerprint density at radius 3 is 2.04 bits per heavy atom. The van der Waals surface area contributed by atoms with Crippen LogP contribution in [-0.2, 0) is 0 Å². The number of benzene rings is 2. The summed E-state index contributed by atoms with van der Waals surface area (Å²) in [4.78, 5) is 24.6. The molecule has 0 fully saturated rings. The van der Waals surface area contributed by atoms with Gasteiger partial charge in [-0.3, -0.25) is 20.2 Å². The zero-order chi connectivity index (χ0) is 17.3. The van der Waals surface area contributed by atoms with E-state index in [1.807, 2.05) is 0 Å². The summed E-state index contributed by atoms with van der Waals surface area (Å²) in [7, 11) is 0. The van der Waals surface area contributed by atoms with Gasteiger partial charge in [-0.05, 0) is 24.3 Å². The normalized spacial score (nSPS) is 10.5. The molecule has 9 nitrogen and oxygen atoms in total. The highest BCUT2D eigenvalue weighted by molar-refractivity contribution is 9.10. The van der Waals surface area contributed by atoms with Crippen molar-refractivity contribution in [3.63, 3.8) is 0 Å². The Morgan fingerprint density at radius 1 is 0.917 bits per heavy atom. The van der Waals surface area contributed by atoms with Crippen molar-refractivity contribution in [2.75, 3.05) is 0 Å². The summed E-state index contributed by atoms with van der Waals surface area (Å²) in [5, 5.41) is 25.7. The second-order valence-electron chi connectivity index (χ2n) is 4.68. The molecule has 1 heterocycles. The van der Waals surface area contributed by atoms with Gasteiger partial charge in [0.15, 0.2) is 0 Å². The fraction of sp³-hybridized carbons (Fsp3) is 0. The van der Waals surface area contributed by atoms with Gasteiger partial charge >= 0.3 is 0 Å². The Morgan fingerprint density at radius 2 is 1.50 bits per heavy atom. The van der Waals surface area contributed by atoms with Crippen molar-refractivity contribution in [2.45, 2.75) is 0 Å². The first-order valence-electron chi connectivity index (χ1n) is 6.48.